The highest BCUT2D eigenvalue weighted by atomic mass is 16.6. The van der Waals surface area contributed by atoms with Crippen LogP contribution in [0.2, 0.25) is 0 Å². The number of carbonyl (C=O) groups excluding carboxylic acids is 2. The van der Waals surface area contributed by atoms with Crippen LogP contribution in [0.1, 0.15) is 43.0 Å². The fourth-order valence-electron chi connectivity index (χ4n) is 4.07. The molecule has 1 aromatic rings. The number of allylic oxidation sites excluding steroid dienone is 1. The second kappa shape index (κ2) is 6.97. The zero-order valence-electron chi connectivity index (χ0n) is 15.5. The second-order valence-corrected chi connectivity index (χ2v) is 7.73. The number of ether oxygens (including phenoxy) is 3. The average Bonchev–Trinajstić information content (AvgIpc) is 3.26. The Bertz CT molecular complexity index is 796. The van der Waals surface area contributed by atoms with Crippen LogP contribution in [-0.4, -0.2) is 36.4 Å². The highest BCUT2D eigenvalue weighted by molar-refractivity contribution is 5.91. The topological polar surface area (TPSA) is 65.1 Å². The van der Waals surface area contributed by atoms with Crippen molar-refractivity contribution in [2.75, 3.05) is 6.61 Å². The molecule has 0 bridgehead atoms. The first-order valence-electron chi connectivity index (χ1n) is 9.45. The van der Waals surface area contributed by atoms with E-state index in [9.17, 15) is 9.59 Å². The van der Waals surface area contributed by atoms with Crippen molar-refractivity contribution in [3.8, 4) is 0 Å². The summed E-state index contributed by atoms with van der Waals surface area (Å²) in [6.45, 7) is 6.25. The predicted molar refractivity (Wildman–Crippen MR) is 99.1 cm³/mol. The molecule has 0 radical (unpaired) electrons. The van der Waals surface area contributed by atoms with Gasteiger partial charge in [0.1, 0.15) is 18.8 Å². The van der Waals surface area contributed by atoms with Gasteiger partial charge in [0.05, 0.1) is 11.2 Å². The fourth-order valence-corrected chi connectivity index (χ4v) is 4.07. The first-order chi connectivity index (χ1) is 13.0. The van der Waals surface area contributed by atoms with Gasteiger partial charge in [0.15, 0.2) is 0 Å². The quantitative estimate of drug-likeness (QED) is 0.353. The molecule has 1 aliphatic carbocycles. The molecule has 0 N–H and O–H groups in total. The van der Waals surface area contributed by atoms with E-state index in [4.69, 9.17) is 14.2 Å². The number of esters is 2. The van der Waals surface area contributed by atoms with Crippen molar-refractivity contribution in [2.24, 2.45) is 5.92 Å². The highest BCUT2D eigenvalue weighted by Gasteiger charge is 2.61. The monoisotopic (exact) mass is 368 g/mol. The van der Waals surface area contributed by atoms with Gasteiger partial charge in [-0.25, -0.2) is 9.59 Å². The lowest BCUT2D eigenvalue weighted by Gasteiger charge is -2.20. The largest absolute Gasteiger partial charge is 0.458 e. The summed E-state index contributed by atoms with van der Waals surface area (Å²) in [7, 11) is 0. The molecule has 142 valence electrons. The van der Waals surface area contributed by atoms with Crippen molar-refractivity contribution in [3.05, 3.63) is 59.7 Å². The zero-order valence-corrected chi connectivity index (χ0v) is 15.5. The number of hydrogen-bond acceptors (Lipinski definition) is 5. The number of hydrogen-bond donors (Lipinski definition) is 0. The van der Waals surface area contributed by atoms with Crippen LogP contribution in [0.15, 0.2) is 54.1 Å². The summed E-state index contributed by atoms with van der Waals surface area (Å²) in [4.78, 5) is 24.2. The molecule has 0 spiro atoms. The average molecular weight is 368 g/mol. The first-order valence-corrected chi connectivity index (χ1v) is 9.45. The molecule has 5 nitrogen and oxygen atoms in total. The summed E-state index contributed by atoms with van der Waals surface area (Å²) in [5.41, 5.74) is 1.88. The van der Waals surface area contributed by atoms with Gasteiger partial charge in [-0.3, -0.25) is 0 Å². The Morgan fingerprint density at radius 2 is 2.11 bits per heavy atom. The Labute approximate surface area is 159 Å². The number of rotatable bonds is 3. The van der Waals surface area contributed by atoms with Crippen LogP contribution in [0.3, 0.4) is 0 Å². The molecule has 2 aliphatic heterocycles. The predicted octanol–water partition coefficient (Wildman–Crippen LogP) is 3.60. The number of carbonyl (C=O) groups is 2. The normalized spacial score (nSPS) is 34.6. The summed E-state index contributed by atoms with van der Waals surface area (Å²) in [6, 6.07) is 8.98. The van der Waals surface area contributed by atoms with Crippen LogP contribution >= 0.6 is 0 Å². The molecule has 0 aromatic heterocycles. The van der Waals surface area contributed by atoms with E-state index in [0.717, 1.165) is 31.3 Å². The number of epoxide rings is 1. The van der Waals surface area contributed by atoms with Crippen molar-refractivity contribution in [3.63, 3.8) is 0 Å². The van der Waals surface area contributed by atoms with E-state index in [1.807, 2.05) is 18.2 Å². The molecule has 5 heteroatoms. The minimum Gasteiger partial charge on any atom is -0.458 e. The van der Waals surface area contributed by atoms with E-state index in [0.29, 0.717) is 11.1 Å². The number of benzene rings is 1. The van der Waals surface area contributed by atoms with Crippen LogP contribution in [0.25, 0.3) is 0 Å². The lowest BCUT2D eigenvalue weighted by molar-refractivity contribution is -0.140. The van der Waals surface area contributed by atoms with Gasteiger partial charge >= 0.3 is 11.9 Å². The van der Waals surface area contributed by atoms with Gasteiger partial charge in [0, 0.05) is 11.5 Å². The van der Waals surface area contributed by atoms with E-state index in [1.165, 1.54) is 0 Å². The molecular weight excluding hydrogens is 344 g/mol. The van der Waals surface area contributed by atoms with Gasteiger partial charge in [-0.1, -0.05) is 30.9 Å². The van der Waals surface area contributed by atoms with E-state index >= 15 is 0 Å². The Morgan fingerprint density at radius 1 is 1.33 bits per heavy atom. The maximum atomic E-state index is 12.2. The first kappa shape index (κ1) is 18.0. The summed E-state index contributed by atoms with van der Waals surface area (Å²) in [6.07, 6.45) is 5.02. The van der Waals surface area contributed by atoms with Crippen molar-refractivity contribution in [1.82, 2.24) is 0 Å². The SMILES string of the molecule is C=C1C(=O)O[C@@H]2[C@H]3O[C@]3(C)CC/C=C(/COC(=O)c3ccccc3)CC[C@@H]12. The third-order valence-corrected chi connectivity index (χ3v) is 5.84. The third kappa shape index (κ3) is 3.56. The lowest BCUT2D eigenvalue weighted by atomic mass is 9.84. The van der Waals surface area contributed by atoms with E-state index in [1.54, 1.807) is 12.1 Å². The van der Waals surface area contributed by atoms with Gasteiger partial charge in [-0.2, -0.15) is 0 Å². The van der Waals surface area contributed by atoms with Crippen LogP contribution < -0.4 is 0 Å². The highest BCUT2D eigenvalue weighted by Crippen LogP contribution is 2.49. The van der Waals surface area contributed by atoms with E-state index in [-0.39, 0.29) is 42.3 Å². The molecule has 2 fully saturated rings. The van der Waals surface area contributed by atoms with Crippen LogP contribution in [0.5, 0.6) is 0 Å². The maximum Gasteiger partial charge on any atom is 0.338 e. The smallest absolute Gasteiger partial charge is 0.338 e. The molecule has 0 unspecified atom stereocenters. The summed E-state index contributed by atoms with van der Waals surface area (Å²) in [5.74, 6) is -0.688. The third-order valence-electron chi connectivity index (χ3n) is 5.84. The molecule has 1 aromatic carbocycles. The van der Waals surface area contributed by atoms with E-state index < -0.39 is 0 Å². The van der Waals surface area contributed by atoms with Gasteiger partial charge in [0.25, 0.3) is 0 Å². The Hall–Kier alpha value is -2.40. The molecule has 4 atom stereocenters. The minimum absolute atomic E-state index is 0.0449. The van der Waals surface area contributed by atoms with Crippen molar-refractivity contribution in [2.45, 2.75) is 50.4 Å². The minimum atomic E-state index is -0.326. The Morgan fingerprint density at radius 3 is 2.89 bits per heavy atom. The van der Waals surface area contributed by atoms with Crippen LogP contribution in [-0.2, 0) is 19.0 Å². The molecule has 0 saturated carbocycles. The summed E-state index contributed by atoms with van der Waals surface area (Å²) < 4.78 is 17.0. The van der Waals surface area contributed by atoms with Crippen molar-refractivity contribution < 1.29 is 23.8 Å². The molecule has 0 amide bonds. The molecular formula is C22H24O5. The molecule has 2 heterocycles. The molecule has 27 heavy (non-hydrogen) atoms. The summed E-state index contributed by atoms with van der Waals surface area (Å²) >= 11 is 0. The van der Waals surface area contributed by atoms with Gasteiger partial charge < -0.3 is 14.2 Å². The molecule has 3 aliphatic rings. The molecule has 4 rings (SSSR count). The Balaban J connectivity index is 1.44. The van der Waals surface area contributed by atoms with Gasteiger partial charge in [-0.05, 0) is 50.3 Å². The Kier molecular flexibility index (Phi) is 4.64. The van der Waals surface area contributed by atoms with E-state index in [2.05, 4.69) is 19.6 Å². The standard InChI is InChI=1S/C22H24O5/c1-14-17-11-10-15(13-25-21(24)16-8-4-3-5-9-16)7-6-12-22(2)19(27-22)18(17)26-20(14)23/h3-5,7-9,17-19H,1,6,10-13H2,2H3/b15-7+/t17-,18-,19+,22+/m0/s1. The van der Waals surface area contributed by atoms with Crippen molar-refractivity contribution in [1.29, 1.82) is 0 Å². The summed E-state index contributed by atoms with van der Waals surface area (Å²) in [5, 5.41) is 0. The molecule has 2 saturated heterocycles. The fraction of sp³-hybridized carbons (Fsp3) is 0.455. The lowest BCUT2D eigenvalue weighted by Crippen LogP contribution is -2.29. The van der Waals surface area contributed by atoms with Gasteiger partial charge in [0.2, 0.25) is 0 Å². The van der Waals surface area contributed by atoms with Crippen LogP contribution in [0.4, 0.5) is 0 Å². The second-order valence-electron chi connectivity index (χ2n) is 7.73. The zero-order chi connectivity index (χ0) is 19.0. The van der Waals surface area contributed by atoms with Crippen molar-refractivity contribution >= 4 is 11.9 Å². The maximum absolute atomic E-state index is 12.2. The van der Waals surface area contributed by atoms with Gasteiger partial charge in [-0.15, -0.1) is 0 Å². The number of fused-ring (bicyclic) bond motifs is 3. The van der Waals surface area contributed by atoms with Crippen LogP contribution in [0, 0.1) is 5.92 Å².